The van der Waals surface area contributed by atoms with Crippen molar-refractivity contribution in [2.75, 3.05) is 0 Å². The van der Waals surface area contributed by atoms with Gasteiger partial charge in [0.15, 0.2) is 0 Å². The van der Waals surface area contributed by atoms with Crippen molar-refractivity contribution in [2.45, 2.75) is 38.7 Å². The Balaban J connectivity index is 3.08. The fourth-order valence-electron chi connectivity index (χ4n) is 1.90. The van der Waals surface area contributed by atoms with Crippen molar-refractivity contribution in [3.05, 3.63) is 39.4 Å². The number of nitrogens with zero attached hydrogens (tertiary/aromatic N) is 1. The van der Waals surface area contributed by atoms with Crippen molar-refractivity contribution in [2.24, 2.45) is 5.92 Å². The van der Waals surface area contributed by atoms with Gasteiger partial charge in [0, 0.05) is 18.3 Å². The first-order valence-electron chi connectivity index (χ1n) is 6.86. The largest absolute Gasteiger partial charge is 0.426 e. The van der Waals surface area contributed by atoms with Gasteiger partial charge in [-0.05, 0) is 18.2 Å². The highest BCUT2D eigenvalue weighted by atomic mass is 19.4. The van der Waals surface area contributed by atoms with Crippen molar-refractivity contribution < 1.29 is 40.8 Å². The second-order valence-corrected chi connectivity index (χ2v) is 5.43. The van der Waals surface area contributed by atoms with Gasteiger partial charge in [0.2, 0.25) is 6.04 Å². The molecule has 0 aromatic heterocycles. The van der Waals surface area contributed by atoms with Crippen molar-refractivity contribution in [3.8, 4) is 5.75 Å². The highest BCUT2D eigenvalue weighted by Crippen LogP contribution is 2.38. The van der Waals surface area contributed by atoms with Crippen LogP contribution < -0.4 is 4.74 Å². The molecule has 0 aliphatic carbocycles. The first-order chi connectivity index (χ1) is 11.2. The average molecular weight is 373 g/mol. The maximum Gasteiger partial charge on any atom is 0.416 e. The lowest BCUT2D eigenvalue weighted by Crippen LogP contribution is -2.25. The molecule has 0 radical (unpaired) electrons. The smallest absolute Gasteiger partial charge is 0.416 e. The number of nitro groups is 1. The van der Waals surface area contributed by atoms with Gasteiger partial charge >= 0.3 is 18.3 Å². The summed E-state index contributed by atoms with van der Waals surface area (Å²) in [5.41, 5.74) is -3.26. The molecule has 0 saturated carbocycles. The lowest BCUT2D eigenvalue weighted by Gasteiger charge is -2.16. The molecule has 0 amide bonds. The summed E-state index contributed by atoms with van der Waals surface area (Å²) >= 11 is 0. The van der Waals surface area contributed by atoms with Gasteiger partial charge in [-0.25, -0.2) is 0 Å². The molecular formula is C14H13F6NO4. The Morgan fingerprint density at radius 1 is 1.08 bits per heavy atom. The van der Waals surface area contributed by atoms with Gasteiger partial charge in [0.05, 0.1) is 17.0 Å². The summed E-state index contributed by atoms with van der Waals surface area (Å²) < 4.78 is 80.8. The van der Waals surface area contributed by atoms with Crippen LogP contribution in [0.4, 0.5) is 26.3 Å². The number of carbonyl (C=O) groups excluding carboxylic acids is 1. The summed E-state index contributed by atoms with van der Waals surface area (Å²) in [5.74, 6) is -3.20. The average Bonchev–Trinajstić information content (AvgIpc) is 2.44. The van der Waals surface area contributed by atoms with E-state index in [1.807, 2.05) is 0 Å². The van der Waals surface area contributed by atoms with Crippen LogP contribution in [-0.4, -0.2) is 16.9 Å². The van der Waals surface area contributed by atoms with Crippen molar-refractivity contribution in [1.29, 1.82) is 0 Å². The van der Waals surface area contributed by atoms with E-state index in [-0.39, 0.29) is 24.6 Å². The normalized spacial score (nSPS) is 14.7. The molecule has 2 atom stereocenters. The van der Waals surface area contributed by atoms with Gasteiger partial charge in [0.1, 0.15) is 5.75 Å². The minimum atomic E-state index is -5.08. The zero-order chi connectivity index (χ0) is 19.6. The highest BCUT2D eigenvalue weighted by Gasteiger charge is 2.37. The third kappa shape index (κ3) is 5.91. The Bertz CT molecular complexity index is 623. The number of carbonyl (C=O) groups is 1. The summed E-state index contributed by atoms with van der Waals surface area (Å²) in [4.78, 5) is 21.6. The van der Waals surface area contributed by atoms with Crippen LogP contribution in [0, 0.1) is 16.0 Å². The molecule has 0 bridgehead atoms. The summed E-state index contributed by atoms with van der Waals surface area (Å²) in [6, 6.07) is -0.710. The highest BCUT2D eigenvalue weighted by molar-refractivity contribution is 5.74. The zero-order valence-corrected chi connectivity index (χ0v) is 12.9. The van der Waals surface area contributed by atoms with E-state index >= 15 is 0 Å². The Morgan fingerprint density at radius 2 is 1.52 bits per heavy atom. The molecule has 0 N–H and O–H groups in total. The van der Waals surface area contributed by atoms with E-state index in [9.17, 15) is 41.3 Å². The number of alkyl halides is 6. The van der Waals surface area contributed by atoms with Gasteiger partial charge < -0.3 is 4.74 Å². The van der Waals surface area contributed by atoms with Crippen LogP contribution in [0.25, 0.3) is 0 Å². The number of ether oxygens (including phenoxy) is 1. The summed E-state index contributed by atoms with van der Waals surface area (Å²) in [6.07, 6.45) is -10.4. The van der Waals surface area contributed by atoms with E-state index < -0.39 is 52.1 Å². The molecule has 0 aliphatic heterocycles. The first-order valence-corrected chi connectivity index (χ1v) is 6.86. The molecule has 140 valence electrons. The zero-order valence-electron chi connectivity index (χ0n) is 12.9. The predicted molar refractivity (Wildman–Crippen MR) is 72.3 cm³/mol. The molecule has 1 aromatic carbocycles. The van der Waals surface area contributed by atoms with Crippen molar-refractivity contribution in [3.63, 3.8) is 0 Å². The quantitative estimate of drug-likeness (QED) is 0.253. The molecular weight excluding hydrogens is 360 g/mol. The summed E-state index contributed by atoms with van der Waals surface area (Å²) in [6.45, 7) is 2.43. The fourth-order valence-corrected chi connectivity index (χ4v) is 1.90. The second kappa shape index (κ2) is 7.28. The van der Waals surface area contributed by atoms with Crippen LogP contribution in [0.3, 0.4) is 0 Å². The topological polar surface area (TPSA) is 69.4 Å². The number of rotatable bonds is 5. The van der Waals surface area contributed by atoms with Crippen LogP contribution >= 0.6 is 0 Å². The Morgan fingerprint density at radius 3 is 1.88 bits per heavy atom. The maximum absolute atomic E-state index is 12.7. The Hall–Kier alpha value is -2.33. The third-order valence-electron chi connectivity index (χ3n) is 3.24. The van der Waals surface area contributed by atoms with Gasteiger partial charge in [0.25, 0.3) is 0 Å². The molecule has 1 aromatic rings. The number of hydrogen-bond acceptors (Lipinski definition) is 4. The van der Waals surface area contributed by atoms with E-state index in [0.29, 0.717) is 0 Å². The SMILES string of the molecule is CC(CC(C)[N+](=O)[O-])C(=O)Oc1cc(C(F)(F)F)cc(C(F)(F)F)c1. The Labute approximate surface area is 137 Å². The van der Waals surface area contributed by atoms with Crippen molar-refractivity contribution in [1.82, 2.24) is 0 Å². The molecule has 11 heteroatoms. The van der Waals surface area contributed by atoms with Crippen LogP contribution in [0.5, 0.6) is 5.75 Å². The van der Waals surface area contributed by atoms with Crippen LogP contribution in [0.2, 0.25) is 0 Å². The molecule has 0 saturated heterocycles. The van der Waals surface area contributed by atoms with Crippen molar-refractivity contribution >= 4 is 5.97 Å². The van der Waals surface area contributed by atoms with Gasteiger partial charge in [-0.2, -0.15) is 26.3 Å². The molecule has 0 aliphatic rings. The fraction of sp³-hybridized carbons (Fsp3) is 0.500. The van der Waals surface area contributed by atoms with E-state index in [1.165, 1.54) is 13.8 Å². The lowest BCUT2D eigenvalue weighted by molar-refractivity contribution is -0.519. The minimum Gasteiger partial charge on any atom is -0.426 e. The number of benzene rings is 1. The van der Waals surface area contributed by atoms with Crippen LogP contribution in [0.15, 0.2) is 18.2 Å². The number of hydrogen-bond donors (Lipinski definition) is 0. The third-order valence-corrected chi connectivity index (χ3v) is 3.24. The monoisotopic (exact) mass is 373 g/mol. The first kappa shape index (κ1) is 20.7. The molecule has 0 spiro atoms. The standard InChI is InChI=1S/C14H13F6NO4/c1-7(3-8(2)21(23)24)12(22)25-11-5-9(13(15,16)17)4-10(6-11)14(18,19)20/h4-8H,3H2,1-2H3. The number of halogens is 6. The molecule has 2 unspecified atom stereocenters. The van der Waals surface area contributed by atoms with E-state index in [4.69, 9.17) is 0 Å². The molecule has 25 heavy (non-hydrogen) atoms. The molecule has 1 rings (SSSR count). The maximum atomic E-state index is 12.7. The predicted octanol–water partition coefficient (Wildman–Crippen LogP) is 4.32. The lowest BCUT2D eigenvalue weighted by atomic mass is 10.0. The van der Waals surface area contributed by atoms with E-state index in [2.05, 4.69) is 4.74 Å². The van der Waals surface area contributed by atoms with Gasteiger partial charge in [-0.1, -0.05) is 6.92 Å². The van der Waals surface area contributed by atoms with Crippen LogP contribution in [-0.2, 0) is 17.1 Å². The summed E-state index contributed by atoms with van der Waals surface area (Å²) in [7, 11) is 0. The van der Waals surface area contributed by atoms with Crippen LogP contribution in [0.1, 0.15) is 31.4 Å². The van der Waals surface area contributed by atoms with Gasteiger partial charge in [-0.3, -0.25) is 14.9 Å². The molecule has 0 heterocycles. The Kier molecular flexibility index (Phi) is 6.03. The second-order valence-electron chi connectivity index (χ2n) is 5.43. The summed E-state index contributed by atoms with van der Waals surface area (Å²) in [5, 5.41) is 10.5. The van der Waals surface area contributed by atoms with Gasteiger partial charge in [-0.15, -0.1) is 0 Å². The number of esters is 1. The van der Waals surface area contributed by atoms with E-state index in [1.54, 1.807) is 0 Å². The minimum absolute atomic E-state index is 0.102. The molecule has 0 fully saturated rings. The van der Waals surface area contributed by atoms with E-state index in [0.717, 1.165) is 0 Å². The molecule has 5 nitrogen and oxygen atoms in total.